The van der Waals surface area contributed by atoms with E-state index in [0.717, 1.165) is 25.7 Å². The van der Waals surface area contributed by atoms with Crippen LogP contribution in [0.4, 0.5) is 5.82 Å². The van der Waals surface area contributed by atoms with E-state index < -0.39 is 0 Å². The fourth-order valence-electron chi connectivity index (χ4n) is 3.20. The molecule has 0 aliphatic heterocycles. The van der Waals surface area contributed by atoms with Gasteiger partial charge in [-0.3, -0.25) is 4.79 Å². The Kier molecular flexibility index (Phi) is 4.39. The van der Waals surface area contributed by atoms with Gasteiger partial charge in [-0.1, -0.05) is 0 Å². The summed E-state index contributed by atoms with van der Waals surface area (Å²) in [4.78, 5) is 24.6. The predicted octanol–water partition coefficient (Wildman–Crippen LogP) is 2.32. The third-order valence-electron chi connectivity index (χ3n) is 4.31. The molecule has 3 rings (SSSR count). The quantitative estimate of drug-likeness (QED) is 0.838. The van der Waals surface area contributed by atoms with Crippen LogP contribution in [-0.2, 0) is 4.79 Å². The van der Waals surface area contributed by atoms with Crippen molar-refractivity contribution in [1.82, 2.24) is 24.8 Å². The summed E-state index contributed by atoms with van der Waals surface area (Å²) in [6.45, 7) is 3.96. The molecule has 2 aromatic rings. The van der Waals surface area contributed by atoms with Crippen LogP contribution in [0.1, 0.15) is 45.6 Å². The molecule has 0 atom stereocenters. The monoisotopic (exact) mass is 336 g/mol. The average molecular weight is 337 g/mol. The van der Waals surface area contributed by atoms with Gasteiger partial charge in [0.05, 0.1) is 6.33 Å². The van der Waals surface area contributed by atoms with Gasteiger partial charge in [-0.2, -0.15) is 9.97 Å². The fraction of sp³-hybridized carbons (Fsp3) is 0.600. The zero-order valence-corrected chi connectivity index (χ0v) is 14.0. The minimum Gasteiger partial charge on any atom is -0.382 e. The van der Waals surface area contributed by atoms with Crippen LogP contribution in [0.25, 0.3) is 11.2 Å². The van der Waals surface area contributed by atoms with Crippen LogP contribution in [0.5, 0.6) is 0 Å². The largest absolute Gasteiger partial charge is 0.382 e. The van der Waals surface area contributed by atoms with Crippen molar-refractivity contribution in [1.29, 1.82) is 0 Å². The van der Waals surface area contributed by atoms with Gasteiger partial charge in [0.15, 0.2) is 11.5 Å². The molecule has 2 heterocycles. The number of aromatic nitrogens is 4. The Morgan fingerprint density at radius 2 is 2.04 bits per heavy atom. The van der Waals surface area contributed by atoms with Crippen molar-refractivity contribution >= 4 is 34.5 Å². The van der Waals surface area contributed by atoms with E-state index in [9.17, 15) is 4.79 Å². The molecule has 1 saturated carbocycles. The lowest BCUT2D eigenvalue weighted by atomic mass is 9.85. The summed E-state index contributed by atoms with van der Waals surface area (Å²) in [6, 6.07) is 0.438. The number of hydrogen-bond donors (Lipinski definition) is 2. The van der Waals surface area contributed by atoms with E-state index >= 15 is 0 Å². The fourth-order valence-corrected chi connectivity index (χ4v) is 3.37. The Balaban J connectivity index is 1.74. The minimum absolute atomic E-state index is 0.0896. The van der Waals surface area contributed by atoms with Crippen molar-refractivity contribution in [2.45, 2.75) is 51.6 Å². The van der Waals surface area contributed by atoms with E-state index in [1.807, 2.05) is 18.4 Å². The molecular weight excluding hydrogens is 316 g/mol. The summed E-state index contributed by atoms with van der Waals surface area (Å²) >= 11 is 5.91. The molecule has 0 spiro atoms. The van der Waals surface area contributed by atoms with Crippen LogP contribution in [0.2, 0.25) is 5.28 Å². The molecule has 8 heteroatoms. The summed E-state index contributed by atoms with van der Waals surface area (Å²) in [5.41, 5.74) is 7.09. The molecule has 23 heavy (non-hydrogen) atoms. The smallest absolute Gasteiger partial charge is 0.226 e. The zero-order valence-electron chi connectivity index (χ0n) is 13.3. The molecular formula is C15H21ClN6O. The number of nitrogens with two attached hydrogens (primary N) is 1. The van der Waals surface area contributed by atoms with Gasteiger partial charge < -0.3 is 15.6 Å². The highest BCUT2D eigenvalue weighted by Gasteiger charge is 2.28. The molecule has 1 aliphatic rings. The van der Waals surface area contributed by atoms with Gasteiger partial charge >= 0.3 is 0 Å². The SMILES string of the molecule is CC(C)NC(=O)[C@H]1CC[C@@H](n2cnc3c(N)nc(Cl)nc32)CC1. The molecule has 0 saturated heterocycles. The number of rotatable bonds is 3. The highest BCUT2D eigenvalue weighted by molar-refractivity contribution is 6.28. The van der Waals surface area contributed by atoms with E-state index in [4.69, 9.17) is 17.3 Å². The summed E-state index contributed by atoms with van der Waals surface area (Å²) in [7, 11) is 0. The van der Waals surface area contributed by atoms with Crippen molar-refractivity contribution in [3.05, 3.63) is 11.6 Å². The molecule has 1 aliphatic carbocycles. The first-order valence-electron chi connectivity index (χ1n) is 7.91. The van der Waals surface area contributed by atoms with Gasteiger partial charge in [-0.15, -0.1) is 0 Å². The first-order valence-corrected chi connectivity index (χ1v) is 8.29. The third kappa shape index (κ3) is 3.24. The highest BCUT2D eigenvalue weighted by Crippen LogP contribution is 2.34. The van der Waals surface area contributed by atoms with Crippen LogP contribution in [0, 0.1) is 5.92 Å². The number of nitrogen functional groups attached to an aromatic ring is 1. The lowest BCUT2D eigenvalue weighted by molar-refractivity contribution is -0.126. The maximum Gasteiger partial charge on any atom is 0.226 e. The number of fused-ring (bicyclic) bond motifs is 1. The number of anilines is 1. The van der Waals surface area contributed by atoms with E-state index in [-0.39, 0.29) is 29.2 Å². The van der Waals surface area contributed by atoms with Crippen LogP contribution >= 0.6 is 11.6 Å². The van der Waals surface area contributed by atoms with Crippen LogP contribution in [0.3, 0.4) is 0 Å². The Bertz CT molecular complexity index is 720. The molecule has 124 valence electrons. The number of hydrogen-bond acceptors (Lipinski definition) is 5. The molecule has 7 nitrogen and oxygen atoms in total. The third-order valence-corrected chi connectivity index (χ3v) is 4.48. The average Bonchev–Trinajstić information content (AvgIpc) is 2.90. The second-order valence-corrected chi connectivity index (χ2v) is 6.71. The van der Waals surface area contributed by atoms with E-state index in [1.165, 1.54) is 0 Å². The molecule has 0 bridgehead atoms. The number of nitrogens with one attached hydrogen (secondary N) is 1. The summed E-state index contributed by atoms with van der Waals surface area (Å²) in [5, 5.41) is 3.12. The molecule has 1 fully saturated rings. The second kappa shape index (κ2) is 6.31. The number of carbonyl (C=O) groups is 1. The minimum atomic E-state index is 0.0896. The topological polar surface area (TPSA) is 98.7 Å². The Labute approximate surface area is 139 Å². The highest BCUT2D eigenvalue weighted by atomic mass is 35.5. The van der Waals surface area contributed by atoms with E-state index in [0.29, 0.717) is 17.0 Å². The van der Waals surface area contributed by atoms with Crippen molar-refractivity contribution in [3.63, 3.8) is 0 Å². The number of nitrogens with zero attached hydrogens (tertiary/aromatic N) is 4. The summed E-state index contributed by atoms with van der Waals surface area (Å²) in [5.74, 6) is 0.541. The Hall–Kier alpha value is -1.89. The first kappa shape index (κ1) is 16.0. The van der Waals surface area contributed by atoms with Gasteiger partial charge in [0, 0.05) is 18.0 Å². The standard InChI is InChI=1S/C15H21ClN6O/c1-8(2)19-14(23)9-3-5-10(6-4-9)22-7-18-11-12(17)20-15(16)21-13(11)22/h7-10H,3-6H2,1-2H3,(H,19,23)(H2,17,20,21)/t9-,10+. The van der Waals surface area contributed by atoms with E-state index in [2.05, 4.69) is 20.3 Å². The number of imidazole rings is 1. The van der Waals surface area contributed by atoms with Crippen molar-refractivity contribution < 1.29 is 4.79 Å². The van der Waals surface area contributed by atoms with Crippen LogP contribution in [-0.4, -0.2) is 31.5 Å². The van der Waals surface area contributed by atoms with E-state index in [1.54, 1.807) is 6.33 Å². The van der Waals surface area contributed by atoms with Crippen molar-refractivity contribution in [3.8, 4) is 0 Å². The molecule has 0 aromatic carbocycles. The maximum atomic E-state index is 12.1. The van der Waals surface area contributed by atoms with Crippen molar-refractivity contribution in [2.75, 3.05) is 5.73 Å². The summed E-state index contributed by atoms with van der Waals surface area (Å²) in [6.07, 6.45) is 5.27. The Morgan fingerprint density at radius 3 is 2.70 bits per heavy atom. The number of amides is 1. The second-order valence-electron chi connectivity index (χ2n) is 6.37. The zero-order chi connectivity index (χ0) is 16.6. The predicted molar refractivity (Wildman–Crippen MR) is 89.0 cm³/mol. The normalized spacial score (nSPS) is 21.7. The van der Waals surface area contributed by atoms with Gasteiger partial charge in [0.1, 0.15) is 5.52 Å². The summed E-state index contributed by atoms with van der Waals surface area (Å²) < 4.78 is 2.01. The van der Waals surface area contributed by atoms with Crippen LogP contribution in [0.15, 0.2) is 6.33 Å². The molecule has 3 N–H and O–H groups in total. The van der Waals surface area contributed by atoms with Gasteiger partial charge in [-0.05, 0) is 51.1 Å². The molecule has 0 radical (unpaired) electrons. The van der Waals surface area contributed by atoms with Gasteiger partial charge in [0.25, 0.3) is 0 Å². The molecule has 2 aromatic heterocycles. The lowest BCUT2D eigenvalue weighted by Gasteiger charge is -2.29. The van der Waals surface area contributed by atoms with Crippen LogP contribution < -0.4 is 11.1 Å². The Morgan fingerprint density at radius 1 is 1.35 bits per heavy atom. The number of halogens is 1. The first-order chi connectivity index (χ1) is 11.0. The maximum absolute atomic E-state index is 12.1. The van der Waals surface area contributed by atoms with Gasteiger partial charge in [-0.25, -0.2) is 4.98 Å². The number of carbonyl (C=O) groups excluding carboxylic acids is 1. The van der Waals surface area contributed by atoms with Gasteiger partial charge in [0.2, 0.25) is 11.2 Å². The molecule has 1 amide bonds. The molecule has 0 unspecified atom stereocenters. The lowest BCUT2D eigenvalue weighted by Crippen LogP contribution is -2.37. The van der Waals surface area contributed by atoms with Crippen molar-refractivity contribution in [2.24, 2.45) is 5.92 Å².